The molecule has 0 bridgehead atoms. The van der Waals surface area contributed by atoms with Crippen LogP contribution in [0.25, 0.3) is 11.4 Å². The van der Waals surface area contributed by atoms with Gasteiger partial charge in [-0.3, -0.25) is 4.79 Å². The van der Waals surface area contributed by atoms with E-state index in [0.717, 1.165) is 23.1 Å². The Labute approximate surface area is 172 Å². The average Bonchev–Trinajstić information content (AvgIpc) is 3.08. The van der Waals surface area contributed by atoms with Crippen molar-refractivity contribution >= 4 is 17.7 Å². The number of nitrogen functional groups attached to an aromatic ring is 1. The third kappa shape index (κ3) is 5.05. The number of nitrogens with zero attached hydrogens (tertiary/aromatic N) is 3. The Bertz CT molecular complexity index is 977. The number of rotatable bonds is 8. The second-order valence-corrected chi connectivity index (χ2v) is 7.61. The van der Waals surface area contributed by atoms with Crippen LogP contribution in [0, 0.1) is 5.82 Å². The average molecular weight is 415 g/mol. The van der Waals surface area contributed by atoms with Crippen LogP contribution in [0.2, 0.25) is 0 Å². The Morgan fingerprint density at radius 3 is 2.66 bits per heavy atom. The second kappa shape index (κ2) is 9.42. The second-order valence-electron chi connectivity index (χ2n) is 6.31. The SMILES string of the molecule is COc1ccc(CCNC(=O)[C@H](C)Sc2nnc(-c3ccccc3F)n2N)cc1. The summed E-state index contributed by atoms with van der Waals surface area (Å²) in [5.74, 6) is 6.44. The van der Waals surface area contributed by atoms with Crippen LogP contribution in [0.5, 0.6) is 5.75 Å². The number of amides is 1. The highest BCUT2D eigenvalue weighted by atomic mass is 32.2. The zero-order chi connectivity index (χ0) is 20.8. The van der Waals surface area contributed by atoms with E-state index >= 15 is 0 Å². The van der Waals surface area contributed by atoms with E-state index in [1.54, 1.807) is 32.2 Å². The highest BCUT2D eigenvalue weighted by molar-refractivity contribution is 8.00. The van der Waals surface area contributed by atoms with Gasteiger partial charge in [-0.1, -0.05) is 36.0 Å². The third-order valence-electron chi connectivity index (χ3n) is 4.30. The summed E-state index contributed by atoms with van der Waals surface area (Å²) >= 11 is 1.16. The van der Waals surface area contributed by atoms with E-state index in [9.17, 15) is 9.18 Å². The van der Waals surface area contributed by atoms with Crippen LogP contribution in [0.3, 0.4) is 0 Å². The number of ether oxygens (including phenoxy) is 1. The Kier molecular flexibility index (Phi) is 6.71. The largest absolute Gasteiger partial charge is 0.497 e. The summed E-state index contributed by atoms with van der Waals surface area (Å²) in [4.78, 5) is 12.4. The molecule has 0 saturated heterocycles. The Morgan fingerprint density at radius 1 is 1.24 bits per heavy atom. The summed E-state index contributed by atoms with van der Waals surface area (Å²) in [7, 11) is 1.62. The van der Waals surface area contributed by atoms with E-state index < -0.39 is 11.1 Å². The van der Waals surface area contributed by atoms with Gasteiger partial charge in [-0.15, -0.1) is 10.2 Å². The highest BCUT2D eigenvalue weighted by Gasteiger charge is 2.20. The minimum Gasteiger partial charge on any atom is -0.497 e. The van der Waals surface area contributed by atoms with Crippen molar-refractivity contribution in [3.63, 3.8) is 0 Å². The van der Waals surface area contributed by atoms with E-state index in [0.29, 0.717) is 18.1 Å². The van der Waals surface area contributed by atoms with E-state index in [1.165, 1.54) is 10.7 Å². The number of carbonyl (C=O) groups excluding carboxylic acids is 1. The Morgan fingerprint density at radius 2 is 1.97 bits per heavy atom. The lowest BCUT2D eigenvalue weighted by Crippen LogP contribution is -2.32. The molecule has 1 heterocycles. The standard InChI is InChI=1S/C20H22FN5O2S/c1-13(19(27)23-12-11-14-7-9-15(28-2)10-8-14)29-20-25-24-18(26(20)22)16-5-3-4-6-17(16)21/h3-10,13H,11-12,22H2,1-2H3,(H,23,27)/t13-/m0/s1. The first kappa shape index (κ1) is 20.7. The minimum absolute atomic E-state index is 0.140. The molecule has 7 nitrogen and oxygen atoms in total. The van der Waals surface area contributed by atoms with Gasteiger partial charge in [0.15, 0.2) is 5.82 Å². The van der Waals surface area contributed by atoms with E-state index in [1.807, 2.05) is 24.3 Å². The van der Waals surface area contributed by atoms with E-state index in [2.05, 4.69) is 15.5 Å². The van der Waals surface area contributed by atoms with Gasteiger partial charge in [-0.05, 0) is 43.2 Å². The highest BCUT2D eigenvalue weighted by Crippen LogP contribution is 2.26. The molecule has 0 saturated carbocycles. The number of thioether (sulfide) groups is 1. The molecule has 0 spiro atoms. The molecule has 0 aliphatic heterocycles. The van der Waals surface area contributed by atoms with Crippen molar-refractivity contribution in [2.45, 2.75) is 23.8 Å². The molecule has 0 unspecified atom stereocenters. The molecule has 0 fully saturated rings. The fourth-order valence-corrected chi connectivity index (χ4v) is 3.46. The van der Waals surface area contributed by atoms with Gasteiger partial charge in [0.05, 0.1) is 17.9 Å². The molecule has 3 rings (SSSR count). The number of nitrogens with one attached hydrogen (secondary N) is 1. The molecule has 152 valence electrons. The van der Waals surface area contributed by atoms with Crippen LogP contribution in [-0.4, -0.2) is 39.7 Å². The fourth-order valence-electron chi connectivity index (χ4n) is 2.66. The van der Waals surface area contributed by atoms with Crippen LogP contribution in [0.15, 0.2) is 53.7 Å². The fraction of sp³-hybridized carbons (Fsp3) is 0.250. The molecule has 3 N–H and O–H groups in total. The monoisotopic (exact) mass is 415 g/mol. The van der Waals surface area contributed by atoms with Crippen molar-refractivity contribution in [3.8, 4) is 17.1 Å². The number of hydrogen-bond acceptors (Lipinski definition) is 6. The van der Waals surface area contributed by atoms with Crippen molar-refractivity contribution in [2.75, 3.05) is 19.5 Å². The predicted molar refractivity (Wildman–Crippen MR) is 111 cm³/mol. The number of carbonyl (C=O) groups is 1. The molecule has 0 aliphatic rings. The van der Waals surface area contributed by atoms with Crippen molar-refractivity contribution in [1.82, 2.24) is 20.2 Å². The van der Waals surface area contributed by atoms with Gasteiger partial charge in [-0.25, -0.2) is 9.07 Å². The topological polar surface area (TPSA) is 95.1 Å². The lowest BCUT2D eigenvalue weighted by Gasteiger charge is -2.12. The van der Waals surface area contributed by atoms with Crippen LogP contribution in [-0.2, 0) is 11.2 Å². The van der Waals surface area contributed by atoms with E-state index in [4.69, 9.17) is 10.6 Å². The molecule has 0 aliphatic carbocycles. The number of aromatic nitrogens is 3. The lowest BCUT2D eigenvalue weighted by molar-refractivity contribution is -0.120. The first-order chi connectivity index (χ1) is 14.0. The maximum absolute atomic E-state index is 14.0. The van der Waals surface area contributed by atoms with Gasteiger partial charge < -0.3 is 15.9 Å². The first-order valence-corrected chi connectivity index (χ1v) is 9.90. The first-order valence-electron chi connectivity index (χ1n) is 9.02. The maximum Gasteiger partial charge on any atom is 0.233 e. The van der Waals surface area contributed by atoms with Crippen molar-refractivity contribution < 1.29 is 13.9 Å². The predicted octanol–water partition coefficient (Wildman–Crippen LogP) is 2.65. The van der Waals surface area contributed by atoms with Crippen molar-refractivity contribution in [1.29, 1.82) is 0 Å². The quantitative estimate of drug-likeness (QED) is 0.434. The molecule has 0 radical (unpaired) electrons. The van der Waals surface area contributed by atoms with Gasteiger partial charge in [0, 0.05) is 6.54 Å². The van der Waals surface area contributed by atoms with Crippen LogP contribution in [0.4, 0.5) is 4.39 Å². The summed E-state index contributed by atoms with van der Waals surface area (Å²) in [6, 6.07) is 13.9. The van der Waals surface area contributed by atoms with Crippen LogP contribution >= 0.6 is 11.8 Å². The van der Waals surface area contributed by atoms with Gasteiger partial charge in [0.1, 0.15) is 11.6 Å². The van der Waals surface area contributed by atoms with Gasteiger partial charge >= 0.3 is 0 Å². The number of nitrogens with two attached hydrogens (primary N) is 1. The van der Waals surface area contributed by atoms with Gasteiger partial charge in [-0.2, -0.15) is 0 Å². The minimum atomic E-state index is -0.439. The smallest absolute Gasteiger partial charge is 0.233 e. The zero-order valence-corrected chi connectivity index (χ0v) is 16.9. The third-order valence-corrected chi connectivity index (χ3v) is 5.36. The molecule has 3 aromatic rings. The molecular weight excluding hydrogens is 393 g/mol. The molecule has 1 amide bonds. The molecule has 1 aromatic heterocycles. The number of benzene rings is 2. The summed E-state index contributed by atoms with van der Waals surface area (Å²) in [5.41, 5.74) is 1.36. The normalized spacial score (nSPS) is 11.8. The number of hydrogen-bond donors (Lipinski definition) is 2. The molecule has 1 atom stereocenters. The summed E-state index contributed by atoms with van der Waals surface area (Å²) < 4.78 is 20.3. The maximum atomic E-state index is 14.0. The summed E-state index contributed by atoms with van der Waals surface area (Å²) in [6.07, 6.45) is 0.706. The van der Waals surface area contributed by atoms with E-state index in [-0.39, 0.29) is 17.3 Å². The molecule has 29 heavy (non-hydrogen) atoms. The number of methoxy groups -OCH3 is 1. The van der Waals surface area contributed by atoms with Gasteiger partial charge in [0.2, 0.25) is 11.1 Å². The summed E-state index contributed by atoms with van der Waals surface area (Å²) in [6.45, 7) is 2.26. The Hall–Kier alpha value is -3.07. The lowest BCUT2D eigenvalue weighted by atomic mass is 10.1. The zero-order valence-electron chi connectivity index (χ0n) is 16.1. The molecular formula is C20H22FN5O2S. The number of halogens is 1. The molecule has 9 heteroatoms. The van der Waals surface area contributed by atoms with Crippen LogP contribution in [0.1, 0.15) is 12.5 Å². The van der Waals surface area contributed by atoms with Crippen molar-refractivity contribution in [3.05, 3.63) is 59.9 Å². The van der Waals surface area contributed by atoms with Crippen molar-refractivity contribution in [2.24, 2.45) is 0 Å². The summed E-state index contributed by atoms with van der Waals surface area (Å²) in [5, 5.41) is 10.7. The van der Waals surface area contributed by atoms with Crippen LogP contribution < -0.4 is 15.9 Å². The van der Waals surface area contributed by atoms with Gasteiger partial charge in [0.25, 0.3) is 0 Å². The Balaban J connectivity index is 1.55. The molecule has 2 aromatic carbocycles.